The topological polar surface area (TPSA) is 30.2 Å². The van der Waals surface area contributed by atoms with Gasteiger partial charge in [-0.1, -0.05) is 119 Å². The van der Waals surface area contributed by atoms with Crippen molar-refractivity contribution < 1.29 is 4.79 Å². The lowest BCUT2D eigenvalue weighted by molar-refractivity contribution is 0.112. The lowest BCUT2D eigenvalue weighted by atomic mass is 9.85. The molecule has 0 N–H and O–H groups in total. The Hall–Kier alpha value is -6.99. The fraction of sp³-hybridized carbons (Fsp3) is 0.239. The van der Waals surface area contributed by atoms with Crippen molar-refractivity contribution in [3.8, 4) is 31.6 Å². The van der Waals surface area contributed by atoms with Crippen molar-refractivity contribution in [2.45, 2.75) is 105 Å². The number of nitrogens with zero attached hydrogens (tertiary/aromatic N) is 3. The summed E-state index contributed by atoms with van der Waals surface area (Å²) in [4.78, 5) is 18.0. The van der Waals surface area contributed by atoms with E-state index in [1.807, 2.05) is 12.1 Å². The summed E-state index contributed by atoms with van der Waals surface area (Å²) in [5.74, 6) is 0. The van der Waals surface area contributed by atoms with Crippen molar-refractivity contribution >= 4 is 89.6 Å². The van der Waals surface area contributed by atoms with Crippen molar-refractivity contribution in [2.24, 2.45) is 0 Å². The molecule has 4 heterocycles. The van der Waals surface area contributed by atoms with Gasteiger partial charge in [0.2, 0.25) is 0 Å². The number of carbonyl (C=O) groups excluding carboxylic acids is 1. The molecule has 0 fully saturated rings. The summed E-state index contributed by atoms with van der Waals surface area (Å²) in [5, 5.41) is 5.13. The minimum atomic E-state index is 0.0284. The molecule has 73 heavy (non-hydrogen) atoms. The van der Waals surface area contributed by atoms with Crippen LogP contribution in [0.2, 0.25) is 0 Å². The Labute approximate surface area is 439 Å². The molecule has 0 aliphatic heterocycles. The molecule has 0 atom stereocenters. The molecule has 366 valence electrons. The van der Waals surface area contributed by atoms with Crippen molar-refractivity contribution in [1.82, 2.24) is 9.13 Å². The van der Waals surface area contributed by atoms with E-state index in [0.717, 1.165) is 50.0 Å². The fourth-order valence-corrected chi connectivity index (χ4v) is 12.3. The molecule has 0 amide bonds. The number of rotatable bonds is 8. The van der Waals surface area contributed by atoms with Crippen molar-refractivity contribution in [1.29, 1.82) is 0 Å². The van der Waals surface area contributed by atoms with Gasteiger partial charge in [-0.25, -0.2) is 0 Å². The van der Waals surface area contributed by atoms with Gasteiger partial charge in [-0.3, -0.25) is 4.79 Å². The van der Waals surface area contributed by atoms with Crippen LogP contribution < -0.4 is 4.90 Å². The monoisotopic (exact) mass is 991 g/mol. The highest BCUT2D eigenvalue weighted by Crippen LogP contribution is 2.44. The standard InChI is InChI=1S/C67H65N3OS2/c1-64(2,3)43-15-30-57-53(37-43)54-38-44(65(4,5)6)16-31-58(54)69(57)50-25-21-48(22-26-50)68(47-19-13-42(14-20-47)61-35-36-63(73-61)62-34-29-52(41-71)72-62)49-23-27-51(28-24-49)70-59-32-17-45(66(7,8)9)39-55(59)56-40-46(67(10,11)12)18-33-60(56)70/h13-41H,1-12H3. The minimum Gasteiger partial charge on any atom is -0.311 e. The molecule has 0 saturated carbocycles. The van der Waals surface area contributed by atoms with Crippen LogP contribution in [0.1, 0.15) is 115 Å². The number of aromatic nitrogens is 2. The zero-order chi connectivity index (χ0) is 51.4. The summed E-state index contributed by atoms with van der Waals surface area (Å²) in [5.41, 5.74) is 16.9. The van der Waals surface area contributed by atoms with E-state index in [2.05, 4.69) is 255 Å². The van der Waals surface area contributed by atoms with Gasteiger partial charge in [-0.2, -0.15) is 0 Å². The van der Waals surface area contributed by atoms with E-state index >= 15 is 0 Å². The zero-order valence-corrected chi connectivity index (χ0v) is 45.9. The van der Waals surface area contributed by atoms with Gasteiger partial charge in [0.25, 0.3) is 0 Å². The van der Waals surface area contributed by atoms with Crippen molar-refractivity contribution in [2.75, 3.05) is 4.90 Å². The average Bonchev–Trinajstić information content (AvgIpc) is 4.18. The average molecular weight is 992 g/mol. The second-order valence-corrected chi connectivity index (χ2v) is 26.2. The van der Waals surface area contributed by atoms with Gasteiger partial charge >= 0.3 is 0 Å². The summed E-state index contributed by atoms with van der Waals surface area (Å²) in [6, 6.07) is 63.6. The maximum Gasteiger partial charge on any atom is 0.160 e. The van der Waals surface area contributed by atoms with Gasteiger partial charge in [0, 0.05) is 64.6 Å². The Morgan fingerprint density at radius 1 is 0.356 bits per heavy atom. The van der Waals surface area contributed by atoms with Crippen LogP contribution in [0.3, 0.4) is 0 Å². The highest BCUT2D eigenvalue weighted by atomic mass is 32.1. The van der Waals surface area contributed by atoms with E-state index in [4.69, 9.17) is 0 Å². The van der Waals surface area contributed by atoms with Gasteiger partial charge < -0.3 is 14.0 Å². The highest BCUT2D eigenvalue weighted by Gasteiger charge is 2.24. The van der Waals surface area contributed by atoms with Crippen molar-refractivity contribution in [3.05, 3.63) is 197 Å². The normalized spacial score (nSPS) is 12.7. The molecule has 0 bridgehead atoms. The van der Waals surface area contributed by atoms with Gasteiger partial charge in [-0.05, 0) is 183 Å². The molecule has 4 nitrogen and oxygen atoms in total. The first-order valence-corrected chi connectivity index (χ1v) is 27.2. The van der Waals surface area contributed by atoms with E-state index in [9.17, 15) is 4.79 Å². The second kappa shape index (κ2) is 17.6. The molecule has 11 aromatic rings. The summed E-state index contributed by atoms with van der Waals surface area (Å²) in [6.07, 6.45) is 0.929. The van der Waals surface area contributed by atoms with Gasteiger partial charge in [0.05, 0.1) is 26.9 Å². The first-order valence-electron chi connectivity index (χ1n) is 25.6. The third-order valence-electron chi connectivity index (χ3n) is 14.7. The number of anilines is 3. The largest absolute Gasteiger partial charge is 0.311 e. The van der Waals surface area contributed by atoms with Crippen LogP contribution in [0.4, 0.5) is 17.1 Å². The van der Waals surface area contributed by atoms with E-state index in [0.29, 0.717) is 0 Å². The van der Waals surface area contributed by atoms with Crippen molar-refractivity contribution in [3.63, 3.8) is 0 Å². The predicted octanol–water partition coefficient (Wildman–Crippen LogP) is 19.8. The van der Waals surface area contributed by atoms with E-state index in [1.54, 1.807) is 11.3 Å². The van der Waals surface area contributed by atoms with Crippen LogP contribution in [0.5, 0.6) is 0 Å². The van der Waals surface area contributed by atoms with E-state index < -0.39 is 0 Å². The molecular formula is C67H65N3OS2. The van der Waals surface area contributed by atoms with Gasteiger partial charge in [0.1, 0.15) is 0 Å². The summed E-state index contributed by atoms with van der Waals surface area (Å²) in [6.45, 7) is 27.6. The lowest BCUT2D eigenvalue weighted by Gasteiger charge is -2.26. The Morgan fingerprint density at radius 2 is 0.671 bits per heavy atom. The number of thiophene rings is 2. The molecule has 11 rings (SSSR count). The van der Waals surface area contributed by atoms with Crippen LogP contribution in [-0.4, -0.2) is 15.4 Å². The van der Waals surface area contributed by atoms with Crippen LogP contribution >= 0.6 is 22.7 Å². The second-order valence-electron chi connectivity index (χ2n) is 24.0. The van der Waals surface area contributed by atoms with Gasteiger partial charge in [0.15, 0.2) is 6.29 Å². The molecule has 4 aromatic heterocycles. The Kier molecular flexibility index (Phi) is 11.6. The predicted molar refractivity (Wildman–Crippen MR) is 317 cm³/mol. The number of fused-ring (bicyclic) bond motifs is 6. The number of aldehydes is 1. The molecule has 0 radical (unpaired) electrons. The summed E-state index contributed by atoms with van der Waals surface area (Å²) < 4.78 is 4.88. The number of hydrogen-bond acceptors (Lipinski definition) is 4. The number of benzene rings is 7. The number of hydrogen-bond donors (Lipinski definition) is 0. The molecule has 0 saturated heterocycles. The summed E-state index contributed by atoms with van der Waals surface area (Å²) in [7, 11) is 0. The Morgan fingerprint density at radius 3 is 1.00 bits per heavy atom. The minimum absolute atomic E-state index is 0.0284. The van der Waals surface area contributed by atoms with Gasteiger partial charge in [-0.15, -0.1) is 22.7 Å². The third-order valence-corrected chi connectivity index (χ3v) is 17.1. The maximum absolute atomic E-state index is 11.5. The first kappa shape index (κ1) is 48.3. The summed E-state index contributed by atoms with van der Waals surface area (Å²) >= 11 is 3.29. The van der Waals surface area contributed by atoms with E-state index in [-0.39, 0.29) is 21.7 Å². The third kappa shape index (κ3) is 8.83. The quantitative estimate of drug-likeness (QED) is 0.142. The van der Waals surface area contributed by atoms with Crippen LogP contribution in [0.25, 0.3) is 75.2 Å². The molecule has 7 aromatic carbocycles. The zero-order valence-electron chi connectivity index (χ0n) is 44.3. The van der Waals surface area contributed by atoms with Crippen LogP contribution in [0, 0.1) is 0 Å². The smallest absolute Gasteiger partial charge is 0.160 e. The number of carbonyl (C=O) groups is 1. The fourth-order valence-electron chi connectivity index (χ4n) is 10.4. The molecule has 0 aliphatic carbocycles. The molecule has 0 unspecified atom stereocenters. The highest BCUT2D eigenvalue weighted by molar-refractivity contribution is 7.24. The van der Waals surface area contributed by atoms with Crippen LogP contribution in [0.15, 0.2) is 170 Å². The first-order chi connectivity index (χ1) is 34.6. The molecular weight excluding hydrogens is 927 g/mol. The molecule has 0 spiro atoms. The Balaban J connectivity index is 1.03. The Bertz CT molecular complexity index is 3550. The SMILES string of the molecule is CC(C)(C)c1ccc2c(c1)c1cc(C(C)(C)C)ccc1n2-c1ccc(N(c2ccc(-c3ccc(-c4ccc(C=O)s4)s3)cc2)c2ccc(-n3c4ccc(C(C)(C)C)cc4c4cc(C(C)(C)C)ccc43)cc2)cc1. The van der Waals surface area contributed by atoms with Crippen LogP contribution in [-0.2, 0) is 21.7 Å². The maximum atomic E-state index is 11.5. The van der Waals surface area contributed by atoms with E-state index in [1.165, 1.54) is 87.0 Å². The molecule has 6 heteroatoms. The lowest BCUT2D eigenvalue weighted by Crippen LogP contribution is -2.11. The molecule has 0 aliphatic rings.